The van der Waals surface area contributed by atoms with E-state index in [9.17, 15) is 5.11 Å². The number of aliphatic hydroxyl groups excluding tert-OH is 1. The van der Waals surface area contributed by atoms with Crippen molar-refractivity contribution >= 4 is 10.8 Å². The first-order valence-electron chi connectivity index (χ1n) is 5.21. The molecule has 78 valence electrons. The maximum atomic E-state index is 9.61. The molecule has 2 heteroatoms. The Balaban J connectivity index is 2.60. The predicted octanol–water partition coefficient (Wildman–Crippen LogP) is 2.72. The summed E-state index contributed by atoms with van der Waals surface area (Å²) < 4.78 is 0. The molecule has 2 unspecified atom stereocenters. The number of benzene rings is 1. The van der Waals surface area contributed by atoms with Gasteiger partial charge in [0.15, 0.2) is 0 Å². The fourth-order valence-electron chi connectivity index (χ4n) is 1.79. The van der Waals surface area contributed by atoms with Crippen molar-refractivity contribution in [3.63, 3.8) is 0 Å². The molecular formula is C13H15NO. The minimum Gasteiger partial charge on any atom is -0.393 e. The van der Waals surface area contributed by atoms with Crippen molar-refractivity contribution in [3.05, 3.63) is 42.2 Å². The average molecular weight is 201 g/mol. The Morgan fingerprint density at radius 1 is 1.20 bits per heavy atom. The van der Waals surface area contributed by atoms with E-state index < -0.39 is 0 Å². The van der Waals surface area contributed by atoms with Gasteiger partial charge < -0.3 is 5.11 Å². The van der Waals surface area contributed by atoms with Crippen molar-refractivity contribution < 1.29 is 5.11 Å². The van der Waals surface area contributed by atoms with Crippen LogP contribution in [0.4, 0.5) is 0 Å². The van der Waals surface area contributed by atoms with Gasteiger partial charge in [0.1, 0.15) is 0 Å². The Hall–Kier alpha value is -1.41. The van der Waals surface area contributed by atoms with Gasteiger partial charge in [-0.05, 0) is 23.9 Å². The second-order valence-corrected chi connectivity index (χ2v) is 3.97. The highest BCUT2D eigenvalue weighted by molar-refractivity contribution is 5.85. The van der Waals surface area contributed by atoms with Crippen LogP contribution < -0.4 is 0 Å². The Bertz CT molecular complexity index is 460. The molecule has 0 bridgehead atoms. The zero-order chi connectivity index (χ0) is 10.8. The summed E-state index contributed by atoms with van der Waals surface area (Å²) in [6.07, 6.45) is 3.32. The first-order chi connectivity index (χ1) is 7.20. The molecular weight excluding hydrogens is 186 g/mol. The highest BCUT2D eigenvalue weighted by Crippen LogP contribution is 2.26. The fraction of sp³-hybridized carbons (Fsp3) is 0.308. The van der Waals surface area contributed by atoms with Crippen LogP contribution in [0.15, 0.2) is 36.7 Å². The lowest BCUT2D eigenvalue weighted by atomic mass is 9.92. The van der Waals surface area contributed by atoms with E-state index in [1.54, 1.807) is 6.20 Å². The molecule has 0 saturated heterocycles. The minimum absolute atomic E-state index is 0.137. The van der Waals surface area contributed by atoms with Gasteiger partial charge in [0.2, 0.25) is 0 Å². The zero-order valence-electron chi connectivity index (χ0n) is 9.01. The monoisotopic (exact) mass is 201 g/mol. The maximum Gasteiger partial charge on any atom is 0.0578 e. The number of fused-ring (bicyclic) bond motifs is 1. The normalized spacial score (nSPS) is 15.1. The molecule has 0 amide bonds. The number of aromatic nitrogens is 1. The highest BCUT2D eigenvalue weighted by atomic mass is 16.3. The SMILES string of the molecule is CC(O)C(C)c1cccc2ccncc12. The van der Waals surface area contributed by atoms with Crippen LogP contribution in [0.3, 0.4) is 0 Å². The Morgan fingerprint density at radius 2 is 2.00 bits per heavy atom. The van der Waals surface area contributed by atoms with Gasteiger partial charge in [0, 0.05) is 23.7 Å². The topological polar surface area (TPSA) is 33.1 Å². The molecule has 0 aliphatic heterocycles. The lowest BCUT2D eigenvalue weighted by molar-refractivity contribution is 0.169. The number of rotatable bonds is 2. The van der Waals surface area contributed by atoms with E-state index in [0.29, 0.717) is 0 Å². The number of aliphatic hydroxyl groups is 1. The highest BCUT2D eigenvalue weighted by Gasteiger charge is 2.13. The van der Waals surface area contributed by atoms with Gasteiger partial charge in [0.25, 0.3) is 0 Å². The van der Waals surface area contributed by atoms with Crippen LogP contribution in [0.5, 0.6) is 0 Å². The van der Waals surface area contributed by atoms with Crippen molar-refractivity contribution in [2.75, 3.05) is 0 Å². The average Bonchev–Trinajstić information content (AvgIpc) is 2.27. The van der Waals surface area contributed by atoms with Crippen LogP contribution in [-0.2, 0) is 0 Å². The van der Waals surface area contributed by atoms with Crippen LogP contribution in [0.1, 0.15) is 25.3 Å². The van der Waals surface area contributed by atoms with Crippen molar-refractivity contribution in [2.24, 2.45) is 0 Å². The van der Waals surface area contributed by atoms with Crippen molar-refractivity contribution in [1.82, 2.24) is 4.98 Å². The molecule has 2 rings (SSSR count). The van der Waals surface area contributed by atoms with E-state index in [-0.39, 0.29) is 12.0 Å². The Labute approximate surface area is 89.6 Å². The summed E-state index contributed by atoms with van der Waals surface area (Å²) >= 11 is 0. The maximum absolute atomic E-state index is 9.61. The Kier molecular flexibility index (Phi) is 2.69. The van der Waals surface area contributed by atoms with Crippen molar-refractivity contribution in [2.45, 2.75) is 25.9 Å². The lowest BCUT2D eigenvalue weighted by Gasteiger charge is -2.16. The van der Waals surface area contributed by atoms with Gasteiger partial charge in [-0.15, -0.1) is 0 Å². The van der Waals surface area contributed by atoms with E-state index in [1.807, 2.05) is 32.2 Å². The standard InChI is InChI=1S/C13H15NO/c1-9(10(2)15)12-5-3-4-11-6-7-14-8-13(11)12/h3-10,15H,1-2H3. The van der Waals surface area contributed by atoms with Gasteiger partial charge in [-0.1, -0.05) is 25.1 Å². The molecule has 1 heterocycles. The van der Waals surface area contributed by atoms with Crippen LogP contribution in [0, 0.1) is 0 Å². The largest absolute Gasteiger partial charge is 0.393 e. The number of pyridine rings is 1. The van der Waals surface area contributed by atoms with Gasteiger partial charge in [-0.2, -0.15) is 0 Å². The molecule has 0 aliphatic rings. The summed E-state index contributed by atoms with van der Waals surface area (Å²) in [5.74, 6) is 0.137. The van der Waals surface area contributed by atoms with Gasteiger partial charge in [-0.25, -0.2) is 0 Å². The van der Waals surface area contributed by atoms with Crippen LogP contribution in [-0.4, -0.2) is 16.2 Å². The van der Waals surface area contributed by atoms with E-state index in [1.165, 1.54) is 5.39 Å². The molecule has 15 heavy (non-hydrogen) atoms. The summed E-state index contributed by atoms with van der Waals surface area (Å²) in [7, 11) is 0. The summed E-state index contributed by atoms with van der Waals surface area (Å²) in [6, 6.07) is 8.14. The third-order valence-electron chi connectivity index (χ3n) is 2.93. The second kappa shape index (κ2) is 3.99. The first-order valence-corrected chi connectivity index (χ1v) is 5.21. The van der Waals surface area contributed by atoms with Gasteiger partial charge in [-0.3, -0.25) is 4.98 Å². The molecule has 0 radical (unpaired) electrons. The smallest absolute Gasteiger partial charge is 0.0578 e. The number of hydrogen-bond acceptors (Lipinski definition) is 2. The predicted molar refractivity (Wildman–Crippen MR) is 61.8 cm³/mol. The third-order valence-corrected chi connectivity index (χ3v) is 2.93. The zero-order valence-corrected chi connectivity index (χ0v) is 9.01. The number of nitrogens with zero attached hydrogens (tertiary/aromatic N) is 1. The minimum atomic E-state index is -0.337. The molecule has 2 atom stereocenters. The van der Waals surface area contributed by atoms with Gasteiger partial charge in [0.05, 0.1) is 6.10 Å². The second-order valence-electron chi connectivity index (χ2n) is 3.97. The molecule has 1 aromatic heterocycles. The summed E-state index contributed by atoms with van der Waals surface area (Å²) in [5, 5.41) is 11.9. The summed E-state index contributed by atoms with van der Waals surface area (Å²) in [4.78, 5) is 4.13. The molecule has 0 saturated carbocycles. The van der Waals surface area contributed by atoms with Crippen molar-refractivity contribution in [1.29, 1.82) is 0 Å². The van der Waals surface area contributed by atoms with Crippen LogP contribution in [0.2, 0.25) is 0 Å². The molecule has 1 aromatic carbocycles. The molecule has 1 N–H and O–H groups in total. The van der Waals surface area contributed by atoms with Gasteiger partial charge >= 0.3 is 0 Å². The molecule has 2 nitrogen and oxygen atoms in total. The lowest BCUT2D eigenvalue weighted by Crippen LogP contribution is -2.11. The van der Waals surface area contributed by atoms with Crippen molar-refractivity contribution in [3.8, 4) is 0 Å². The third kappa shape index (κ3) is 1.85. The molecule has 0 spiro atoms. The summed E-state index contributed by atoms with van der Waals surface area (Å²) in [5.41, 5.74) is 1.16. The van der Waals surface area contributed by atoms with Crippen LogP contribution in [0.25, 0.3) is 10.8 Å². The molecule has 0 fully saturated rings. The first kappa shape index (κ1) is 10.1. The van der Waals surface area contributed by atoms with E-state index >= 15 is 0 Å². The molecule has 2 aromatic rings. The van der Waals surface area contributed by atoms with E-state index in [2.05, 4.69) is 17.1 Å². The Morgan fingerprint density at radius 3 is 2.73 bits per heavy atom. The van der Waals surface area contributed by atoms with E-state index in [4.69, 9.17) is 0 Å². The summed E-state index contributed by atoms with van der Waals surface area (Å²) in [6.45, 7) is 3.85. The quantitative estimate of drug-likeness (QED) is 0.810. The fourth-order valence-corrected chi connectivity index (χ4v) is 1.79. The molecule has 0 aliphatic carbocycles. The van der Waals surface area contributed by atoms with Crippen LogP contribution >= 0.6 is 0 Å². The number of hydrogen-bond donors (Lipinski definition) is 1. The van der Waals surface area contributed by atoms with E-state index in [0.717, 1.165) is 10.9 Å².